The number of anilines is 1. The van der Waals surface area contributed by atoms with Crippen LogP contribution < -0.4 is 10.2 Å². The van der Waals surface area contributed by atoms with E-state index in [1.54, 1.807) is 0 Å². The van der Waals surface area contributed by atoms with Crippen molar-refractivity contribution in [2.24, 2.45) is 0 Å². The van der Waals surface area contributed by atoms with Crippen LogP contribution in [0.2, 0.25) is 0 Å². The number of hydrogen-bond acceptors (Lipinski definition) is 4. The van der Waals surface area contributed by atoms with Gasteiger partial charge in [-0.05, 0) is 45.2 Å². The molecule has 1 rings (SSSR count). The van der Waals surface area contributed by atoms with Gasteiger partial charge in [0.2, 0.25) is 5.95 Å². The molecule has 0 unspecified atom stereocenters. The number of aromatic nitrogens is 2. The Morgan fingerprint density at radius 2 is 1.48 bits per heavy atom. The lowest BCUT2D eigenvalue weighted by atomic mass is 10.0. The zero-order chi connectivity index (χ0) is 15.8. The Balaban J connectivity index is 3.06. The first-order chi connectivity index (χ1) is 10.1. The Bertz CT molecular complexity index is 400. The molecule has 21 heavy (non-hydrogen) atoms. The number of hydrogen-bond donors (Lipinski definition) is 1. The van der Waals surface area contributed by atoms with E-state index in [1.807, 2.05) is 0 Å². The summed E-state index contributed by atoms with van der Waals surface area (Å²) in [5, 5.41) is 3.49. The van der Waals surface area contributed by atoms with Crippen LogP contribution in [-0.4, -0.2) is 35.6 Å². The summed E-state index contributed by atoms with van der Waals surface area (Å²) in [4.78, 5) is 11.9. The molecule has 0 aliphatic rings. The third kappa shape index (κ3) is 4.95. The highest BCUT2D eigenvalue weighted by Crippen LogP contribution is 2.18. The minimum Gasteiger partial charge on any atom is -0.341 e. The van der Waals surface area contributed by atoms with Crippen molar-refractivity contribution < 1.29 is 0 Å². The molecule has 0 saturated carbocycles. The smallest absolute Gasteiger partial charge is 0.225 e. The van der Waals surface area contributed by atoms with E-state index in [0.29, 0.717) is 6.04 Å². The predicted octanol–water partition coefficient (Wildman–Crippen LogP) is 2.99. The first-order valence-electron chi connectivity index (χ1n) is 8.44. The van der Waals surface area contributed by atoms with Crippen LogP contribution in [0, 0.1) is 0 Å². The second-order valence-corrected chi connectivity index (χ2v) is 5.63. The van der Waals surface area contributed by atoms with Crippen molar-refractivity contribution in [3.63, 3.8) is 0 Å². The molecule has 0 saturated heterocycles. The van der Waals surface area contributed by atoms with Crippen molar-refractivity contribution in [1.82, 2.24) is 15.3 Å². The van der Waals surface area contributed by atoms with Crippen molar-refractivity contribution in [3.05, 3.63) is 17.0 Å². The lowest BCUT2D eigenvalue weighted by molar-refractivity contribution is 0.586. The second kappa shape index (κ2) is 8.98. The third-order valence-electron chi connectivity index (χ3n) is 3.81. The highest BCUT2D eigenvalue weighted by Gasteiger charge is 2.14. The molecule has 1 heterocycles. The van der Waals surface area contributed by atoms with Gasteiger partial charge in [0.1, 0.15) is 0 Å². The highest BCUT2D eigenvalue weighted by atomic mass is 15.2. The van der Waals surface area contributed by atoms with E-state index in [1.165, 1.54) is 17.0 Å². The normalized spacial score (nSPS) is 11.2. The van der Waals surface area contributed by atoms with Crippen LogP contribution in [0.3, 0.4) is 0 Å². The topological polar surface area (TPSA) is 41.1 Å². The van der Waals surface area contributed by atoms with Gasteiger partial charge in [0.15, 0.2) is 0 Å². The number of nitrogens with one attached hydrogen (secondary N) is 1. The summed E-state index contributed by atoms with van der Waals surface area (Å²) < 4.78 is 0. The fourth-order valence-corrected chi connectivity index (χ4v) is 2.58. The zero-order valence-electron chi connectivity index (χ0n) is 14.7. The molecule has 0 fully saturated rings. The van der Waals surface area contributed by atoms with Crippen LogP contribution in [0.25, 0.3) is 0 Å². The largest absolute Gasteiger partial charge is 0.341 e. The average molecular weight is 292 g/mol. The summed E-state index contributed by atoms with van der Waals surface area (Å²) in [5.41, 5.74) is 3.78. The molecule has 1 N–H and O–H groups in total. The summed E-state index contributed by atoms with van der Waals surface area (Å²) in [6.07, 6.45) is 2.96. The fraction of sp³-hybridized carbons (Fsp3) is 0.765. The van der Waals surface area contributed by atoms with E-state index < -0.39 is 0 Å². The Hall–Kier alpha value is -1.16. The van der Waals surface area contributed by atoms with E-state index in [-0.39, 0.29) is 0 Å². The molecule has 4 nitrogen and oxygen atoms in total. The predicted molar refractivity (Wildman–Crippen MR) is 91.2 cm³/mol. The number of rotatable bonds is 9. The molecular weight excluding hydrogens is 260 g/mol. The molecule has 0 amide bonds. The molecule has 0 aliphatic heterocycles. The van der Waals surface area contributed by atoms with E-state index >= 15 is 0 Å². The average Bonchev–Trinajstić information content (AvgIpc) is 2.48. The maximum absolute atomic E-state index is 4.83. The van der Waals surface area contributed by atoms with Crippen molar-refractivity contribution in [2.45, 2.75) is 66.8 Å². The SMILES string of the molecule is CCc1nc(N(CC)CC)nc(CC)c1CCNC(C)C. The van der Waals surface area contributed by atoms with Crippen LogP contribution in [0.1, 0.15) is 58.5 Å². The summed E-state index contributed by atoms with van der Waals surface area (Å²) in [6, 6.07) is 0.524. The van der Waals surface area contributed by atoms with Crippen LogP contribution in [0.4, 0.5) is 5.95 Å². The first kappa shape index (κ1) is 17.9. The fourth-order valence-electron chi connectivity index (χ4n) is 2.58. The Morgan fingerprint density at radius 3 is 1.86 bits per heavy atom. The van der Waals surface area contributed by atoms with Crippen LogP contribution in [0.5, 0.6) is 0 Å². The van der Waals surface area contributed by atoms with Gasteiger partial charge in [-0.15, -0.1) is 0 Å². The van der Waals surface area contributed by atoms with Gasteiger partial charge in [0.25, 0.3) is 0 Å². The van der Waals surface area contributed by atoms with E-state index in [4.69, 9.17) is 9.97 Å². The quantitative estimate of drug-likeness (QED) is 0.759. The minimum atomic E-state index is 0.524. The van der Waals surface area contributed by atoms with Crippen LogP contribution in [-0.2, 0) is 19.3 Å². The van der Waals surface area contributed by atoms with Crippen LogP contribution >= 0.6 is 0 Å². The monoisotopic (exact) mass is 292 g/mol. The van der Waals surface area contributed by atoms with E-state index in [0.717, 1.165) is 44.8 Å². The van der Waals surface area contributed by atoms with Crippen molar-refractivity contribution >= 4 is 5.95 Å². The highest BCUT2D eigenvalue weighted by molar-refractivity contribution is 5.37. The molecule has 0 aliphatic carbocycles. The van der Waals surface area contributed by atoms with Gasteiger partial charge in [-0.25, -0.2) is 9.97 Å². The molecular formula is C17H32N4. The Morgan fingerprint density at radius 1 is 0.952 bits per heavy atom. The molecule has 1 aromatic rings. The zero-order valence-corrected chi connectivity index (χ0v) is 14.7. The minimum absolute atomic E-state index is 0.524. The van der Waals surface area contributed by atoms with Crippen molar-refractivity contribution in [2.75, 3.05) is 24.5 Å². The third-order valence-corrected chi connectivity index (χ3v) is 3.81. The van der Waals surface area contributed by atoms with Gasteiger partial charge in [-0.1, -0.05) is 27.7 Å². The molecule has 1 aromatic heterocycles. The van der Waals surface area contributed by atoms with Gasteiger partial charge in [0, 0.05) is 30.5 Å². The number of nitrogens with zero attached hydrogens (tertiary/aromatic N) is 3. The number of aryl methyl sites for hydroxylation is 2. The summed E-state index contributed by atoms with van der Waals surface area (Å²) in [7, 11) is 0. The second-order valence-electron chi connectivity index (χ2n) is 5.63. The summed E-state index contributed by atoms with van der Waals surface area (Å²) in [6.45, 7) is 16.0. The molecule has 0 aromatic carbocycles. The van der Waals surface area contributed by atoms with Crippen LogP contribution in [0.15, 0.2) is 0 Å². The summed E-state index contributed by atoms with van der Waals surface area (Å²) >= 11 is 0. The standard InChI is InChI=1S/C17H32N4/c1-7-15-14(11-12-18-13(5)6)16(8-2)20-17(19-15)21(9-3)10-4/h13,18H,7-12H2,1-6H3. The molecule has 0 atom stereocenters. The summed E-state index contributed by atoms with van der Waals surface area (Å²) in [5.74, 6) is 0.897. The van der Waals surface area contributed by atoms with Gasteiger partial charge >= 0.3 is 0 Å². The van der Waals surface area contributed by atoms with E-state index in [2.05, 4.69) is 51.8 Å². The molecule has 0 bridgehead atoms. The van der Waals surface area contributed by atoms with E-state index in [9.17, 15) is 0 Å². The Labute approximate surface area is 130 Å². The Kier molecular flexibility index (Phi) is 7.65. The molecule has 0 spiro atoms. The maximum Gasteiger partial charge on any atom is 0.225 e. The van der Waals surface area contributed by atoms with Gasteiger partial charge < -0.3 is 10.2 Å². The lowest BCUT2D eigenvalue weighted by Gasteiger charge is -2.22. The first-order valence-corrected chi connectivity index (χ1v) is 8.44. The van der Waals surface area contributed by atoms with Crippen molar-refractivity contribution in [1.29, 1.82) is 0 Å². The molecule has 120 valence electrons. The maximum atomic E-state index is 4.83. The molecule has 0 radical (unpaired) electrons. The van der Waals surface area contributed by atoms with Gasteiger partial charge in [-0.2, -0.15) is 0 Å². The van der Waals surface area contributed by atoms with Crippen molar-refractivity contribution in [3.8, 4) is 0 Å². The van der Waals surface area contributed by atoms with Gasteiger partial charge in [-0.3, -0.25) is 0 Å². The van der Waals surface area contributed by atoms with Gasteiger partial charge in [0.05, 0.1) is 0 Å². The lowest BCUT2D eigenvalue weighted by Crippen LogP contribution is -2.28. The molecule has 4 heteroatoms.